The van der Waals surface area contributed by atoms with Gasteiger partial charge in [0.25, 0.3) is 0 Å². The van der Waals surface area contributed by atoms with Crippen LogP contribution < -0.4 is 4.90 Å². The Bertz CT molecular complexity index is 1320. The number of halogens is 1. The highest BCUT2D eigenvalue weighted by molar-refractivity contribution is 5.99. The van der Waals surface area contributed by atoms with Crippen molar-refractivity contribution in [2.75, 3.05) is 50.9 Å². The fraction of sp³-hybridized carbons (Fsp3) is 0.552. The van der Waals surface area contributed by atoms with Gasteiger partial charge in [-0.3, -0.25) is 4.90 Å². The SMILES string of the molecule is CCOC(=O)c1cc(N2CCC(N3CCOCC3)CC2)c2c(C3CCC3)nn(-c3ccc(F)c(C)c3)c2n1. The summed E-state index contributed by atoms with van der Waals surface area (Å²) in [5, 5.41) is 6.08. The number of benzene rings is 1. The Hall–Kier alpha value is -3.04. The molecule has 3 fully saturated rings. The Morgan fingerprint density at radius 1 is 1.11 bits per heavy atom. The average Bonchev–Trinajstić information content (AvgIpc) is 3.28. The number of morpholine rings is 1. The topological polar surface area (TPSA) is 72.7 Å². The van der Waals surface area contributed by atoms with Gasteiger partial charge in [-0.25, -0.2) is 18.9 Å². The van der Waals surface area contributed by atoms with Crippen molar-refractivity contribution in [3.8, 4) is 5.69 Å². The zero-order chi connectivity index (χ0) is 26.2. The lowest BCUT2D eigenvalue weighted by Crippen LogP contribution is -2.49. The van der Waals surface area contributed by atoms with Crippen LogP contribution in [-0.2, 0) is 9.47 Å². The van der Waals surface area contributed by atoms with E-state index in [-0.39, 0.29) is 18.1 Å². The second kappa shape index (κ2) is 10.6. The van der Waals surface area contributed by atoms with Crippen molar-refractivity contribution in [3.05, 3.63) is 47.0 Å². The summed E-state index contributed by atoms with van der Waals surface area (Å²) >= 11 is 0. The van der Waals surface area contributed by atoms with Crippen molar-refractivity contribution in [1.82, 2.24) is 19.7 Å². The molecule has 38 heavy (non-hydrogen) atoms. The van der Waals surface area contributed by atoms with E-state index < -0.39 is 5.97 Å². The maximum absolute atomic E-state index is 14.1. The van der Waals surface area contributed by atoms with Gasteiger partial charge in [0.2, 0.25) is 0 Å². The van der Waals surface area contributed by atoms with Gasteiger partial charge in [-0.15, -0.1) is 0 Å². The van der Waals surface area contributed by atoms with Crippen molar-refractivity contribution >= 4 is 22.7 Å². The van der Waals surface area contributed by atoms with Crippen LogP contribution in [-0.4, -0.2) is 77.7 Å². The summed E-state index contributed by atoms with van der Waals surface area (Å²) in [6.07, 6.45) is 5.48. The number of anilines is 1. The first-order chi connectivity index (χ1) is 18.5. The third-order valence-electron chi connectivity index (χ3n) is 8.37. The summed E-state index contributed by atoms with van der Waals surface area (Å²) in [6, 6.07) is 7.44. The number of aromatic nitrogens is 3. The number of hydrogen-bond acceptors (Lipinski definition) is 7. The fourth-order valence-electron chi connectivity index (χ4n) is 6.00. The number of carbonyl (C=O) groups is 1. The highest BCUT2D eigenvalue weighted by Crippen LogP contribution is 2.43. The van der Waals surface area contributed by atoms with Crippen molar-refractivity contribution in [3.63, 3.8) is 0 Å². The minimum absolute atomic E-state index is 0.256. The second-order valence-corrected chi connectivity index (χ2v) is 10.7. The number of rotatable bonds is 6. The lowest BCUT2D eigenvalue weighted by Gasteiger charge is -2.41. The van der Waals surface area contributed by atoms with Gasteiger partial charge in [-0.1, -0.05) is 6.42 Å². The van der Waals surface area contributed by atoms with Crippen LogP contribution in [0.3, 0.4) is 0 Å². The molecule has 4 heterocycles. The number of hydrogen-bond donors (Lipinski definition) is 0. The summed E-state index contributed by atoms with van der Waals surface area (Å²) in [5.74, 6) is -0.333. The number of carbonyl (C=O) groups excluding carboxylic acids is 1. The van der Waals surface area contributed by atoms with Gasteiger partial charge in [-0.2, -0.15) is 5.10 Å². The Labute approximate surface area is 222 Å². The van der Waals surface area contributed by atoms with E-state index in [1.807, 2.05) is 6.07 Å². The molecule has 8 nitrogen and oxygen atoms in total. The van der Waals surface area contributed by atoms with E-state index in [0.29, 0.717) is 23.2 Å². The lowest BCUT2D eigenvalue weighted by molar-refractivity contribution is 0.0115. The Morgan fingerprint density at radius 2 is 1.87 bits per heavy atom. The van der Waals surface area contributed by atoms with E-state index in [1.165, 1.54) is 12.5 Å². The largest absolute Gasteiger partial charge is 0.461 e. The third kappa shape index (κ3) is 4.66. The standard InChI is InChI=1S/C29H36FN5O3/c1-3-38-29(36)24-18-25(34-11-9-21(10-12-34)33-13-15-37-16-14-33)26-27(20-5-4-6-20)32-35(28(26)31-24)22-7-8-23(30)19(2)17-22/h7-8,17-18,20-21H,3-6,9-16H2,1-2H3. The molecule has 9 heteroatoms. The number of nitrogens with zero attached hydrogens (tertiary/aromatic N) is 5. The fourth-order valence-corrected chi connectivity index (χ4v) is 6.00. The smallest absolute Gasteiger partial charge is 0.357 e. The van der Waals surface area contributed by atoms with Gasteiger partial charge in [0.15, 0.2) is 11.3 Å². The molecular formula is C29H36FN5O3. The first kappa shape index (κ1) is 25.2. The van der Waals surface area contributed by atoms with Gasteiger partial charge in [0, 0.05) is 38.1 Å². The number of piperidine rings is 1. The molecule has 1 aromatic carbocycles. The Morgan fingerprint density at radius 3 is 2.53 bits per heavy atom. The molecule has 0 radical (unpaired) electrons. The number of esters is 1. The molecule has 2 aromatic heterocycles. The summed E-state index contributed by atoms with van der Waals surface area (Å²) in [7, 11) is 0. The van der Waals surface area contributed by atoms with Gasteiger partial charge < -0.3 is 14.4 Å². The summed E-state index contributed by atoms with van der Waals surface area (Å²) in [5.41, 5.74) is 4.23. The van der Waals surface area contributed by atoms with Gasteiger partial charge in [0.1, 0.15) is 5.82 Å². The number of ether oxygens (including phenoxy) is 2. The molecule has 1 saturated carbocycles. The van der Waals surface area contributed by atoms with Gasteiger partial charge in [-0.05, 0) is 69.4 Å². The minimum Gasteiger partial charge on any atom is -0.461 e. The molecule has 0 unspecified atom stereocenters. The zero-order valence-corrected chi connectivity index (χ0v) is 22.3. The van der Waals surface area contributed by atoms with E-state index in [2.05, 4.69) is 9.80 Å². The van der Waals surface area contributed by atoms with E-state index in [4.69, 9.17) is 19.6 Å². The Kier molecular flexibility index (Phi) is 7.05. The molecule has 0 amide bonds. The molecule has 3 aromatic rings. The predicted octanol–water partition coefficient (Wildman–Crippen LogP) is 4.61. The predicted molar refractivity (Wildman–Crippen MR) is 144 cm³/mol. The van der Waals surface area contributed by atoms with Crippen molar-refractivity contribution in [1.29, 1.82) is 0 Å². The molecule has 2 aliphatic heterocycles. The molecule has 0 bridgehead atoms. The second-order valence-electron chi connectivity index (χ2n) is 10.7. The van der Waals surface area contributed by atoms with E-state index in [9.17, 15) is 9.18 Å². The molecule has 0 spiro atoms. The van der Waals surface area contributed by atoms with E-state index >= 15 is 0 Å². The van der Waals surface area contributed by atoms with Gasteiger partial charge >= 0.3 is 5.97 Å². The van der Waals surface area contributed by atoms with Crippen LogP contribution in [0.5, 0.6) is 0 Å². The zero-order valence-electron chi connectivity index (χ0n) is 22.3. The summed E-state index contributed by atoms with van der Waals surface area (Å²) in [6.45, 7) is 9.22. The third-order valence-corrected chi connectivity index (χ3v) is 8.37. The summed E-state index contributed by atoms with van der Waals surface area (Å²) in [4.78, 5) is 22.7. The Balaban J connectivity index is 1.44. The van der Waals surface area contributed by atoms with Crippen LogP contribution in [0, 0.1) is 12.7 Å². The highest BCUT2D eigenvalue weighted by atomic mass is 19.1. The van der Waals surface area contributed by atoms with Crippen LogP contribution in [0.4, 0.5) is 10.1 Å². The summed E-state index contributed by atoms with van der Waals surface area (Å²) < 4.78 is 26.8. The minimum atomic E-state index is -0.438. The van der Waals surface area contributed by atoms with Crippen molar-refractivity contribution in [2.45, 2.75) is 57.9 Å². The monoisotopic (exact) mass is 521 g/mol. The molecule has 0 N–H and O–H groups in total. The maximum Gasteiger partial charge on any atom is 0.357 e. The van der Waals surface area contributed by atoms with Crippen LogP contribution in [0.1, 0.15) is 66.7 Å². The van der Waals surface area contributed by atoms with Crippen molar-refractivity contribution < 1.29 is 18.7 Å². The molecule has 3 aliphatic rings. The normalized spacial score (nSPS) is 19.6. The average molecular weight is 522 g/mol. The van der Waals surface area contributed by atoms with Gasteiger partial charge in [0.05, 0.1) is 42.3 Å². The maximum atomic E-state index is 14.1. The first-order valence-electron chi connectivity index (χ1n) is 14.0. The number of pyridine rings is 1. The molecule has 0 atom stereocenters. The molecule has 202 valence electrons. The van der Waals surface area contributed by atoms with Crippen LogP contribution in [0.15, 0.2) is 24.3 Å². The molecular weight excluding hydrogens is 485 g/mol. The van der Waals surface area contributed by atoms with Crippen molar-refractivity contribution in [2.24, 2.45) is 0 Å². The first-order valence-corrected chi connectivity index (χ1v) is 14.0. The van der Waals surface area contributed by atoms with Crippen LogP contribution in [0.25, 0.3) is 16.7 Å². The van der Waals surface area contributed by atoms with Crippen LogP contribution in [0.2, 0.25) is 0 Å². The number of fused-ring (bicyclic) bond motifs is 1. The number of aryl methyl sites for hydroxylation is 1. The molecule has 6 rings (SSSR count). The highest BCUT2D eigenvalue weighted by Gasteiger charge is 2.32. The van der Waals surface area contributed by atoms with E-state index in [1.54, 1.807) is 30.7 Å². The molecule has 2 saturated heterocycles. The van der Waals surface area contributed by atoms with Crippen LogP contribution >= 0.6 is 0 Å². The lowest BCUT2D eigenvalue weighted by atomic mass is 9.82. The quantitative estimate of drug-likeness (QED) is 0.439. The molecule has 1 aliphatic carbocycles. The van der Waals surface area contributed by atoms with E-state index in [0.717, 1.165) is 87.5 Å².